The molecule has 17 heteroatoms. The second-order valence-corrected chi connectivity index (χ2v) is 19.9. The van der Waals surface area contributed by atoms with E-state index >= 15 is 0 Å². The Morgan fingerprint density at radius 3 is 2.33 bits per heavy atom. The van der Waals surface area contributed by atoms with Crippen molar-refractivity contribution in [3.8, 4) is 22.3 Å². The van der Waals surface area contributed by atoms with E-state index in [2.05, 4.69) is 15.6 Å². The summed E-state index contributed by atoms with van der Waals surface area (Å²) >= 11 is 13.6. The number of ether oxygens (including phenoxy) is 3. The van der Waals surface area contributed by atoms with E-state index in [1.165, 1.54) is 4.90 Å². The molecule has 1 aromatic heterocycles. The van der Waals surface area contributed by atoms with Crippen LogP contribution in [0.4, 0.5) is 11.4 Å². The van der Waals surface area contributed by atoms with Crippen LogP contribution in [0.1, 0.15) is 90.0 Å². The first-order chi connectivity index (χ1) is 32.0. The molecule has 67 heavy (non-hydrogen) atoms. The summed E-state index contributed by atoms with van der Waals surface area (Å²) in [5, 5.41) is 15.7. The number of thiocarbonyl (C=S) groups is 1. The van der Waals surface area contributed by atoms with Crippen molar-refractivity contribution in [1.29, 1.82) is 5.26 Å². The van der Waals surface area contributed by atoms with Gasteiger partial charge in [-0.05, 0) is 131 Å². The number of benzene rings is 3. The molecule has 3 heterocycles. The standard InChI is InChI=1S/C50H60ClN7O7S2/c1-33-43(67-32-54-33)35-15-13-34(14-16-35)30-53-45(60)41-12-10-23-56(41)46(61)44(49(2,3)4)55-42(59)31-64-26-11-25-63-24-8-7-9-27-65-39-21-19-37(20-22-39)58-48(66)57(47(62)50(58,5)6)38-18-17-36(29-52)40(51)28-38/h13-22,28,32,41,44H,7-12,23-27,30-31H2,1-6H3,(H,53,60)(H,55,59)/t41?,44-/m1/s1. The molecular formula is C50H60ClN7O7S2. The number of nitrogens with one attached hydrogen (secondary N) is 2. The van der Waals surface area contributed by atoms with E-state index in [9.17, 15) is 24.4 Å². The molecule has 6 rings (SSSR count). The number of nitriles is 1. The van der Waals surface area contributed by atoms with Crippen molar-refractivity contribution in [3.63, 3.8) is 0 Å². The first-order valence-electron chi connectivity index (χ1n) is 22.6. The number of unbranched alkanes of at least 4 members (excludes halogenated alkanes) is 2. The number of nitrogens with zero attached hydrogens (tertiary/aromatic N) is 5. The minimum Gasteiger partial charge on any atom is -0.494 e. The summed E-state index contributed by atoms with van der Waals surface area (Å²) in [6.45, 7) is 13.9. The molecule has 0 spiro atoms. The van der Waals surface area contributed by atoms with Crippen LogP contribution in [0, 0.1) is 23.7 Å². The number of thiazole rings is 1. The fourth-order valence-electron chi connectivity index (χ4n) is 8.06. The van der Waals surface area contributed by atoms with Crippen molar-refractivity contribution in [3.05, 3.63) is 94.1 Å². The van der Waals surface area contributed by atoms with Gasteiger partial charge in [-0.25, -0.2) is 4.98 Å². The maximum absolute atomic E-state index is 13.9. The van der Waals surface area contributed by atoms with E-state index in [0.29, 0.717) is 80.9 Å². The lowest BCUT2D eigenvalue weighted by atomic mass is 9.85. The van der Waals surface area contributed by atoms with Crippen molar-refractivity contribution in [2.75, 3.05) is 49.4 Å². The summed E-state index contributed by atoms with van der Waals surface area (Å²) in [6, 6.07) is 20.9. The van der Waals surface area contributed by atoms with Crippen LogP contribution in [0.5, 0.6) is 5.75 Å². The molecule has 2 N–H and O–H groups in total. The van der Waals surface area contributed by atoms with Crippen LogP contribution < -0.4 is 25.2 Å². The van der Waals surface area contributed by atoms with Gasteiger partial charge in [-0.15, -0.1) is 11.3 Å². The summed E-state index contributed by atoms with van der Waals surface area (Å²) in [4.78, 5) is 64.1. The zero-order chi connectivity index (χ0) is 48.3. The molecule has 4 amide bonds. The first-order valence-corrected chi connectivity index (χ1v) is 24.3. The zero-order valence-electron chi connectivity index (χ0n) is 39.1. The van der Waals surface area contributed by atoms with E-state index in [4.69, 9.17) is 38.0 Å². The molecule has 356 valence electrons. The van der Waals surface area contributed by atoms with Crippen molar-refractivity contribution in [2.24, 2.45) is 5.41 Å². The molecule has 3 aromatic carbocycles. The number of anilines is 2. The van der Waals surface area contributed by atoms with Crippen LogP contribution in [0.3, 0.4) is 0 Å². The smallest absolute Gasteiger partial charge is 0.259 e. The molecule has 14 nitrogen and oxygen atoms in total. The number of hydrogen-bond donors (Lipinski definition) is 2. The topological polar surface area (TPSA) is 166 Å². The molecule has 0 bridgehead atoms. The third-order valence-corrected chi connectivity index (χ3v) is 13.4. The van der Waals surface area contributed by atoms with Gasteiger partial charge in [0.1, 0.15) is 36.0 Å². The van der Waals surface area contributed by atoms with Gasteiger partial charge in [0.15, 0.2) is 5.11 Å². The zero-order valence-corrected chi connectivity index (χ0v) is 41.5. The van der Waals surface area contributed by atoms with Gasteiger partial charge in [-0.1, -0.05) is 56.6 Å². The van der Waals surface area contributed by atoms with Gasteiger partial charge in [-0.2, -0.15) is 5.26 Å². The highest BCUT2D eigenvalue weighted by Crippen LogP contribution is 2.38. The van der Waals surface area contributed by atoms with Crippen LogP contribution in [-0.4, -0.2) is 95.8 Å². The summed E-state index contributed by atoms with van der Waals surface area (Å²) in [5.41, 5.74) is 4.88. The second-order valence-electron chi connectivity index (χ2n) is 18.3. The lowest BCUT2D eigenvalue weighted by Crippen LogP contribution is -2.58. The first kappa shape index (κ1) is 51.0. The molecule has 2 aliphatic heterocycles. The van der Waals surface area contributed by atoms with Crippen molar-refractivity contribution in [2.45, 2.75) is 104 Å². The molecule has 2 atom stereocenters. The van der Waals surface area contributed by atoms with Crippen LogP contribution in [0.15, 0.2) is 72.2 Å². The predicted octanol–water partition coefficient (Wildman–Crippen LogP) is 8.37. The van der Waals surface area contributed by atoms with Gasteiger partial charge in [0.25, 0.3) is 5.91 Å². The maximum Gasteiger partial charge on any atom is 0.259 e. The van der Waals surface area contributed by atoms with Crippen LogP contribution in [-0.2, 0) is 35.2 Å². The summed E-state index contributed by atoms with van der Waals surface area (Å²) in [5.74, 6) is -0.366. The van der Waals surface area contributed by atoms with Gasteiger partial charge in [0.2, 0.25) is 17.7 Å². The Morgan fingerprint density at radius 2 is 1.66 bits per heavy atom. The number of rotatable bonds is 21. The number of halogens is 1. The largest absolute Gasteiger partial charge is 0.494 e. The Hall–Kier alpha value is -5.44. The normalized spacial score (nSPS) is 16.3. The number of aromatic nitrogens is 1. The van der Waals surface area contributed by atoms with E-state index in [1.54, 1.807) is 39.3 Å². The fraction of sp³-hybridized carbons (Fsp3) is 0.460. The average molecular weight is 971 g/mol. The van der Waals surface area contributed by atoms with E-state index in [0.717, 1.165) is 46.6 Å². The number of hydrogen-bond acceptors (Lipinski definition) is 11. The molecule has 2 saturated heterocycles. The highest BCUT2D eigenvalue weighted by atomic mass is 35.5. The third-order valence-electron chi connectivity index (χ3n) is 11.8. The van der Waals surface area contributed by atoms with Gasteiger partial charge in [0.05, 0.1) is 39.0 Å². The minimum absolute atomic E-state index is 0.189. The number of likely N-dealkylation sites (tertiary alicyclic amines) is 1. The van der Waals surface area contributed by atoms with E-state index in [1.807, 2.05) is 102 Å². The molecular weight excluding hydrogens is 910 g/mol. The molecule has 0 saturated carbocycles. The van der Waals surface area contributed by atoms with Gasteiger partial charge in [0, 0.05) is 38.6 Å². The predicted molar refractivity (Wildman–Crippen MR) is 265 cm³/mol. The average Bonchev–Trinajstić information content (AvgIpc) is 4.01. The Kier molecular flexibility index (Phi) is 17.5. The third kappa shape index (κ3) is 12.8. The maximum atomic E-state index is 13.9. The monoisotopic (exact) mass is 969 g/mol. The Balaban J connectivity index is 0.831. The number of aryl methyl sites for hydroxylation is 1. The molecule has 2 fully saturated rings. The Labute approximate surface area is 407 Å². The molecule has 4 aromatic rings. The summed E-state index contributed by atoms with van der Waals surface area (Å²) in [7, 11) is 0. The summed E-state index contributed by atoms with van der Waals surface area (Å²) in [6.07, 6.45) is 4.51. The van der Waals surface area contributed by atoms with E-state index in [-0.39, 0.29) is 35.3 Å². The number of carbonyl (C=O) groups excluding carboxylic acids is 4. The van der Waals surface area contributed by atoms with Crippen LogP contribution in [0.2, 0.25) is 5.02 Å². The Bertz CT molecular complexity index is 2430. The molecule has 1 unspecified atom stereocenters. The van der Waals surface area contributed by atoms with Crippen molar-refractivity contribution in [1.82, 2.24) is 20.5 Å². The Morgan fingerprint density at radius 1 is 0.970 bits per heavy atom. The summed E-state index contributed by atoms with van der Waals surface area (Å²) < 4.78 is 17.4. The SMILES string of the molecule is Cc1ncsc1-c1ccc(CNC(=O)C2CCCN2C(=O)[C@@H](NC(=O)COCCCOCCCCCOc2ccc(N3C(=S)N(c4ccc(C#N)c(Cl)c4)C(=O)C3(C)C)cc2)C(C)(C)C)cc1. The van der Waals surface area contributed by atoms with Gasteiger partial charge >= 0.3 is 0 Å². The molecule has 0 radical (unpaired) electrons. The lowest BCUT2D eigenvalue weighted by molar-refractivity contribution is -0.144. The van der Waals surface area contributed by atoms with Gasteiger partial charge < -0.3 is 34.6 Å². The highest BCUT2D eigenvalue weighted by Gasteiger charge is 2.50. The number of amides is 4. The van der Waals surface area contributed by atoms with E-state index < -0.39 is 23.0 Å². The van der Waals surface area contributed by atoms with Crippen LogP contribution in [0.25, 0.3) is 10.4 Å². The lowest BCUT2D eigenvalue weighted by Gasteiger charge is -2.35. The highest BCUT2D eigenvalue weighted by molar-refractivity contribution is 7.81. The van der Waals surface area contributed by atoms with Crippen molar-refractivity contribution >= 4 is 75.3 Å². The van der Waals surface area contributed by atoms with Crippen LogP contribution >= 0.6 is 35.2 Å². The van der Waals surface area contributed by atoms with Gasteiger partial charge in [-0.3, -0.25) is 24.1 Å². The fourth-order valence-corrected chi connectivity index (χ4v) is 9.62. The molecule has 2 aliphatic rings. The number of carbonyl (C=O) groups is 4. The molecule has 0 aliphatic carbocycles. The minimum atomic E-state index is -0.953. The second kappa shape index (κ2) is 23.0. The quantitative estimate of drug-likeness (QED) is 0.0609. The van der Waals surface area contributed by atoms with Crippen molar-refractivity contribution < 1.29 is 33.4 Å².